The molecule has 3 aromatic rings. The zero-order chi connectivity index (χ0) is 16.4. The van der Waals surface area contributed by atoms with Crippen molar-refractivity contribution in [2.24, 2.45) is 0 Å². The number of benzene rings is 2. The molecular weight excluding hydrogens is 332 g/mol. The Kier molecular flexibility index (Phi) is 4.50. The van der Waals surface area contributed by atoms with Gasteiger partial charge in [0.1, 0.15) is 6.10 Å². The van der Waals surface area contributed by atoms with Crippen molar-refractivity contribution in [2.45, 2.75) is 17.9 Å². The van der Waals surface area contributed by atoms with E-state index in [2.05, 4.69) is 0 Å². The lowest BCUT2D eigenvalue weighted by atomic mass is 10.1. The number of fused-ring (bicyclic) bond motifs is 1. The second-order valence-corrected chi connectivity index (χ2v) is 7.78. The van der Waals surface area contributed by atoms with Gasteiger partial charge in [-0.2, -0.15) is 8.42 Å². The SMILES string of the molecule is Cc1ccc(S(=O)(=O)OC[C@@H](O)c2csc3ccccc23)cc1. The first-order valence-corrected chi connectivity index (χ1v) is 9.36. The molecule has 0 fully saturated rings. The molecule has 1 aromatic heterocycles. The lowest BCUT2D eigenvalue weighted by Crippen LogP contribution is -2.13. The molecule has 0 bridgehead atoms. The zero-order valence-corrected chi connectivity index (χ0v) is 14.1. The molecule has 0 aliphatic heterocycles. The molecule has 2 aromatic carbocycles. The summed E-state index contributed by atoms with van der Waals surface area (Å²) in [5.74, 6) is 0. The first kappa shape index (κ1) is 16.1. The van der Waals surface area contributed by atoms with Gasteiger partial charge in [-0.25, -0.2) is 0 Å². The van der Waals surface area contributed by atoms with Gasteiger partial charge in [-0.05, 0) is 35.9 Å². The van der Waals surface area contributed by atoms with Crippen molar-refractivity contribution in [3.63, 3.8) is 0 Å². The van der Waals surface area contributed by atoms with Crippen LogP contribution in [0.4, 0.5) is 0 Å². The van der Waals surface area contributed by atoms with Crippen molar-refractivity contribution in [3.05, 3.63) is 65.0 Å². The van der Waals surface area contributed by atoms with Crippen LogP contribution in [0.3, 0.4) is 0 Å². The number of aliphatic hydroxyl groups is 1. The van der Waals surface area contributed by atoms with E-state index in [0.717, 1.165) is 15.6 Å². The summed E-state index contributed by atoms with van der Waals surface area (Å²) in [5.41, 5.74) is 1.65. The van der Waals surface area contributed by atoms with Crippen molar-refractivity contribution >= 4 is 31.5 Å². The van der Waals surface area contributed by atoms with Crippen LogP contribution in [0.1, 0.15) is 17.2 Å². The predicted octanol–water partition coefficient (Wildman–Crippen LogP) is 3.65. The Morgan fingerprint density at radius 1 is 1.13 bits per heavy atom. The maximum Gasteiger partial charge on any atom is 0.297 e. The highest BCUT2D eigenvalue weighted by molar-refractivity contribution is 7.86. The normalized spacial score (nSPS) is 13.3. The van der Waals surface area contributed by atoms with Gasteiger partial charge in [0.25, 0.3) is 10.1 Å². The minimum atomic E-state index is -3.87. The number of rotatable bonds is 5. The Balaban J connectivity index is 1.76. The Morgan fingerprint density at radius 3 is 2.57 bits per heavy atom. The molecule has 0 radical (unpaired) electrons. The third-order valence-electron chi connectivity index (χ3n) is 3.56. The lowest BCUT2D eigenvalue weighted by molar-refractivity contribution is 0.113. The quantitative estimate of drug-likeness (QED) is 0.715. The van der Waals surface area contributed by atoms with Crippen LogP contribution in [0.15, 0.2) is 58.8 Å². The number of aliphatic hydroxyl groups excluding tert-OH is 1. The van der Waals surface area contributed by atoms with Crippen LogP contribution in [0, 0.1) is 6.92 Å². The number of hydrogen-bond donors (Lipinski definition) is 1. The number of hydrogen-bond acceptors (Lipinski definition) is 5. The summed E-state index contributed by atoms with van der Waals surface area (Å²) in [6.45, 7) is 1.57. The summed E-state index contributed by atoms with van der Waals surface area (Å²) in [5, 5.41) is 13.0. The largest absolute Gasteiger partial charge is 0.386 e. The third-order valence-corrected chi connectivity index (χ3v) is 5.84. The molecular formula is C17H16O4S2. The highest BCUT2D eigenvalue weighted by Gasteiger charge is 2.20. The smallest absolute Gasteiger partial charge is 0.297 e. The van der Waals surface area contributed by atoms with Crippen molar-refractivity contribution in [1.82, 2.24) is 0 Å². The molecule has 23 heavy (non-hydrogen) atoms. The van der Waals surface area contributed by atoms with E-state index in [-0.39, 0.29) is 11.5 Å². The van der Waals surface area contributed by atoms with Gasteiger partial charge < -0.3 is 5.11 Å². The molecule has 1 atom stereocenters. The van der Waals surface area contributed by atoms with E-state index in [0.29, 0.717) is 5.56 Å². The van der Waals surface area contributed by atoms with Crippen LogP contribution in [0.2, 0.25) is 0 Å². The van der Waals surface area contributed by atoms with E-state index in [1.54, 1.807) is 12.1 Å². The first-order valence-electron chi connectivity index (χ1n) is 7.08. The molecule has 0 aliphatic carbocycles. The molecule has 1 heterocycles. The summed E-state index contributed by atoms with van der Waals surface area (Å²) < 4.78 is 30.4. The highest BCUT2D eigenvalue weighted by atomic mass is 32.2. The summed E-state index contributed by atoms with van der Waals surface area (Å²) >= 11 is 1.51. The molecule has 1 N–H and O–H groups in total. The fraction of sp³-hybridized carbons (Fsp3) is 0.176. The van der Waals surface area contributed by atoms with Gasteiger partial charge in [-0.15, -0.1) is 11.3 Å². The van der Waals surface area contributed by atoms with Gasteiger partial charge in [0.15, 0.2) is 0 Å². The Labute approximate surface area is 139 Å². The maximum absolute atomic E-state index is 12.2. The molecule has 0 saturated carbocycles. The maximum atomic E-state index is 12.2. The van der Waals surface area contributed by atoms with E-state index >= 15 is 0 Å². The molecule has 0 spiro atoms. The van der Waals surface area contributed by atoms with Gasteiger partial charge in [-0.1, -0.05) is 35.9 Å². The number of thiophene rings is 1. The molecule has 0 unspecified atom stereocenters. The van der Waals surface area contributed by atoms with Crippen LogP contribution in [0.25, 0.3) is 10.1 Å². The molecule has 120 valence electrons. The number of aryl methyl sites for hydroxylation is 1. The van der Waals surface area contributed by atoms with Gasteiger partial charge in [0, 0.05) is 10.3 Å². The van der Waals surface area contributed by atoms with Crippen LogP contribution in [-0.2, 0) is 14.3 Å². The monoisotopic (exact) mass is 348 g/mol. The van der Waals surface area contributed by atoms with E-state index in [1.807, 2.05) is 36.6 Å². The summed E-state index contributed by atoms with van der Waals surface area (Å²) in [4.78, 5) is 0.0884. The Morgan fingerprint density at radius 2 is 1.83 bits per heavy atom. The van der Waals surface area contributed by atoms with E-state index in [1.165, 1.54) is 23.5 Å². The van der Waals surface area contributed by atoms with Crippen molar-refractivity contribution in [3.8, 4) is 0 Å². The second-order valence-electron chi connectivity index (χ2n) is 5.25. The lowest BCUT2D eigenvalue weighted by Gasteiger charge is -2.11. The molecule has 3 rings (SSSR count). The van der Waals surface area contributed by atoms with Crippen molar-refractivity contribution in [1.29, 1.82) is 0 Å². The Bertz CT molecular complexity index is 911. The minimum absolute atomic E-state index is 0.0884. The fourth-order valence-electron chi connectivity index (χ4n) is 2.27. The summed E-state index contributed by atoms with van der Waals surface area (Å²) in [6.07, 6.45) is -0.994. The molecule has 0 aliphatic rings. The van der Waals surface area contributed by atoms with Crippen molar-refractivity contribution < 1.29 is 17.7 Å². The van der Waals surface area contributed by atoms with Crippen molar-refractivity contribution in [2.75, 3.05) is 6.61 Å². The average Bonchev–Trinajstić information content (AvgIpc) is 2.97. The van der Waals surface area contributed by atoms with Gasteiger partial charge in [0.05, 0.1) is 11.5 Å². The van der Waals surface area contributed by atoms with Gasteiger partial charge in [0.2, 0.25) is 0 Å². The van der Waals surface area contributed by atoms with Crippen LogP contribution in [-0.4, -0.2) is 20.1 Å². The van der Waals surface area contributed by atoms with Crippen LogP contribution < -0.4 is 0 Å². The summed E-state index contributed by atoms with van der Waals surface area (Å²) in [6, 6.07) is 14.1. The van der Waals surface area contributed by atoms with E-state index in [4.69, 9.17) is 4.18 Å². The standard InChI is InChI=1S/C17H16O4S2/c1-12-6-8-13(9-7-12)23(19,20)21-10-16(18)15-11-22-17-5-3-2-4-14(15)17/h2-9,11,16,18H,10H2,1H3/t16-/m1/s1. The minimum Gasteiger partial charge on any atom is -0.386 e. The second kappa shape index (κ2) is 6.41. The fourth-order valence-corrected chi connectivity index (χ4v) is 4.19. The van der Waals surface area contributed by atoms with E-state index in [9.17, 15) is 13.5 Å². The zero-order valence-electron chi connectivity index (χ0n) is 12.5. The molecule has 6 heteroatoms. The predicted molar refractivity (Wildman–Crippen MR) is 91.1 cm³/mol. The van der Waals surface area contributed by atoms with Crippen LogP contribution >= 0.6 is 11.3 Å². The topological polar surface area (TPSA) is 63.6 Å². The van der Waals surface area contributed by atoms with Gasteiger partial charge >= 0.3 is 0 Å². The third kappa shape index (κ3) is 3.45. The van der Waals surface area contributed by atoms with Crippen LogP contribution in [0.5, 0.6) is 0 Å². The Hall–Kier alpha value is -1.73. The molecule has 0 amide bonds. The van der Waals surface area contributed by atoms with Gasteiger partial charge in [-0.3, -0.25) is 4.18 Å². The first-order chi connectivity index (χ1) is 11.0. The average molecular weight is 348 g/mol. The highest BCUT2D eigenvalue weighted by Crippen LogP contribution is 2.30. The molecule has 4 nitrogen and oxygen atoms in total. The van der Waals surface area contributed by atoms with E-state index < -0.39 is 16.2 Å². The summed E-state index contributed by atoms with van der Waals surface area (Å²) in [7, 11) is -3.87. The molecule has 0 saturated heterocycles.